The summed E-state index contributed by atoms with van der Waals surface area (Å²) in [5.41, 5.74) is -2.30. The van der Waals surface area contributed by atoms with Gasteiger partial charge in [0.2, 0.25) is 5.88 Å². The van der Waals surface area contributed by atoms with Crippen molar-refractivity contribution < 1.29 is 28.0 Å². The number of aromatic nitrogens is 1. The molecule has 0 aliphatic rings. The van der Waals surface area contributed by atoms with Crippen molar-refractivity contribution in [3.63, 3.8) is 0 Å². The highest BCUT2D eigenvalue weighted by molar-refractivity contribution is 5.96. The van der Waals surface area contributed by atoms with Crippen LogP contribution in [-0.2, 0) is 4.74 Å². The second-order valence-electron chi connectivity index (χ2n) is 3.00. The van der Waals surface area contributed by atoms with Gasteiger partial charge in [-0.2, -0.15) is 0 Å². The molecule has 0 aliphatic heterocycles. The number of hydrogen-bond acceptors (Lipinski definition) is 6. The summed E-state index contributed by atoms with van der Waals surface area (Å²) in [4.78, 5) is 24.5. The van der Waals surface area contributed by atoms with Gasteiger partial charge in [-0.15, -0.1) is 0 Å². The Bertz CT molecular complexity index is 492. The SMILES string of the molecule is COC(=O)c1c([N+](=O)[O-])cc(C(F)F)nc1OC. The zero-order chi connectivity index (χ0) is 13.9. The van der Waals surface area contributed by atoms with E-state index in [0.29, 0.717) is 6.07 Å². The summed E-state index contributed by atoms with van der Waals surface area (Å²) in [6.45, 7) is 0. The van der Waals surface area contributed by atoms with E-state index >= 15 is 0 Å². The number of rotatable bonds is 4. The third kappa shape index (κ3) is 2.50. The van der Waals surface area contributed by atoms with E-state index in [1.807, 2.05) is 0 Å². The molecule has 0 aliphatic carbocycles. The number of nitrogens with zero attached hydrogens (tertiary/aromatic N) is 2. The van der Waals surface area contributed by atoms with Crippen LogP contribution in [-0.4, -0.2) is 30.1 Å². The van der Waals surface area contributed by atoms with Crippen molar-refractivity contribution in [1.29, 1.82) is 0 Å². The molecular formula is C9H8F2N2O5. The molecule has 0 fully saturated rings. The van der Waals surface area contributed by atoms with E-state index in [1.54, 1.807) is 0 Å². The van der Waals surface area contributed by atoms with Gasteiger partial charge in [-0.3, -0.25) is 10.1 Å². The first-order chi connectivity index (χ1) is 8.42. The van der Waals surface area contributed by atoms with Crippen LogP contribution in [0.3, 0.4) is 0 Å². The van der Waals surface area contributed by atoms with Crippen LogP contribution in [0.1, 0.15) is 22.5 Å². The van der Waals surface area contributed by atoms with Gasteiger partial charge in [-0.1, -0.05) is 0 Å². The van der Waals surface area contributed by atoms with Crippen molar-refractivity contribution in [2.45, 2.75) is 6.43 Å². The van der Waals surface area contributed by atoms with Crippen LogP contribution in [0.25, 0.3) is 0 Å². The van der Waals surface area contributed by atoms with Crippen molar-refractivity contribution >= 4 is 11.7 Å². The van der Waals surface area contributed by atoms with E-state index in [-0.39, 0.29) is 0 Å². The van der Waals surface area contributed by atoms with Crippen LogP contribution in [0.2, 0.25) is 0 Å². The lowest BCUT2D eigenvalue weighted by Gasteiger charge is -2.08. The number of carbonyl (C=O) groups is 1. The van der Waals surface area contributed by atoms with Crippen LogP contribution in [0.4, 0.5) is 14.5 Å². The van der Waals surface area contributed by atoms with Gasteiger partial charge in [0.15, 0.2) is 5.56 Å². The van der Waals surface area contributed by atoms with Crippen LogP contribution in [0.5, 0.6) is 5.88 Å². The molecule has 0 aromatic carbocycles. The highest BCUT2D eigenvalue weighted by Crippen LogP contribution is 2.31. The summed E-state index contributed by atoms with van der Waals surface area (Å²) in [5, 5.41) is 10.8. The molecule has 9 heteroatoms. The zero-order valence-electron chi connectivity index (χ0n) is 9.35. The molecule has 0 unspecified atom stereocenters. The number of pyridine rings is 1. The Balaban J connectivity index is 3.56. The molecule has 98 valence electrons. The first-order valence-corrected chi connectivity index (χ1v) is 4.52. The molecule has 1 aromatic heterocycles. The number of ether oxygens (including phenoxy) is 2. The van der Waals surface area contributed by atoms with E-state index in [9.17, 15) is 23.7 Å². The van der Waals surface area contributed by atoms with Gasteiger partial charge in [-0.05, 0) is 0 Å². The molecule has 0 radical (unpaired) electrons. The monoisotopic (exact) mass is 262 g/mol. The third-order valence-corrected chi connectivity index (χ3v) is 1.99. The lowest BCUT2D eigenvalue weighted by atomic mass is 10.2. The topological polar surface area (TPSA) is 91.6 Å². The predicted octanol–water partition coefficient (Wildman–Crippen LogP) is 1.72. The van der Waals surface area contributed by atoms with Gasteiger partial charge in [-0.25, -0.2) is 18.6 Å². The number of halogens is 2. The Morgan fingerprint density at radius 2 is 2.11 bits per heavy atom. The fourth-order valence-electron chi connectivity index (χ4n) is 1.22. The van der Waals surface area contributed by atoms with Crippen molar-refractivity contribution in [3.8, 4) is 5.88 Å². The molecule has 1 aromatic rings. The molecule has 0 bridgehead atoms. The minimum atomic E-state index is -3.02. The Morgan fingerprint density at radius 3 is 2.50 bits per heavy atom. The van der Waals surface area contributed by atoms with E-state index in [4.69, 9.17) is 0 Å². The molecular weight excluding hydrogens is 254 g/mol. The summed E-state index contributed by atoms with van der Waals surface area (Å²) in [6, 6.07) is 0.513. The standard InChI is InChI=1S/C9H8F2N2O5/c1-17-8-6(9(14)18-2)5(13(15)16)3-4(12-8)7(10)11/h3,7H,1-2H3. The minimum absolute atomic E-state index is 0.513. The summed E-state index contributed by atoms with van der Waals surface area (Å²) in [7, 11) is 2.04. The predicted molar refractivity (Wildman–Crippen MR) is 53.7 cm³/mol. The second-order valence-corrected chi connectivity index (χ2v) is 3.00. The summed E-state index contributed by atoms with van der Waals surface area (Å²) in [5.74, 6) is -1.67. The average Bonchev–Trinajstić information content (AvgIpc) is 2.35. The number of hydrogen-bond donors (Lipinski definition) is 0. The molecule has 0 saturated carbocycles. The quantitative estimate of drug-likeness (QED) is 0.466. The molecule has 0 atom stereocenters. The van der Waals surface area contributed by atoms with E-state index in [0.717, 1.165) is 14.2 Å². The smallest absolute Gasteiger partial charge is 0.350 e. The minimum Gasteiger partial charge on any atom is -0.480 e. The molecule has 7 nitrogen and oxygen atoms in total. The molecule has 1 rings (SSSR count). The van der Waals surface area contributed by atoms with Gasteiger partial charge in [0, 0.05) is 6.07 Å². The van der Waals surface area contributed by atoms with E-state index in [1.165, 1.54) is 0 Å². The highest BCUT2D eigenvalue weighted by atomic mass is 19.3. The molecule has 0 N–H and O–H groups in total. The first-order valence-electron chi connectivity index (χ1n) is 4.52. The summed E-state index contributed by atoms with van der Waals surface area (Å²) < 4.78 is 33.9. The number of methoxy groups -OCH3 is 2. The van der Waals surface area contributed by atoms with Crippen molar-refractivity contribution in [2.24, 2.45) is 0 Å². The van der Waals surface area contributed by atoms with Crippen LogP contribution in [0.15, 0.2) is 6.07 Å². The Morgan fingerprint density at radius 1 is 1.50 bits per heavy atom. The van der Waals surface area contributed by atoms with Crippen LogP contribution in [0, 0.1) is 10.1 Å². The fraction of sp³-hybridized carbons (Fsp3) is 0.333. The lowest BCUT2D eigenvalue weighted by Crippen LogP contribution is -2.11. The number of alkyl halides is 2. The second kappa shape index (κ2) is 5.34. The van der Waals surface area contributed by atoms with Crippen molar-refractivity contribution in [3.05, 3.63) is 27.4 Å². The largest absolute Gasteiger partial charge is 0.480 e. The van der Waals surface area contributed by atoms with Gasteiger partial charge in [0.25, 0.3) is 12.1 Å². The number of nitro groups is 1. The van der Waals surface area contributed by atoms with E-state index in [2.05, 4.69) is 14.5 Å². The average molecular weight is 262 g/mol. The van der Waals surface area contributed by atoms with Crippen molar-refractivity contribution in [2.75, 3.05) is 14.2 Å². The Labute approximate surface area is 99.5 Å². The maximum atomic E-state index is 12.5. The maximum absolute atomic E-state index is 12.5. The van der Waals surface area contributed by atoms with Crippen molar-refractivity contribution in [1.82, 2.24) is 4.98 Å². The summed E-state index contributed by atoms with van der Waals surface area (Å²) in [6.07, 6.45) is -3.02. The summed E-state index contributed by atoms with van der Waals surface area (Å²) >= 11 is 0. The molecule has 0 amide bonds. The first kappa shape index (κ1) is 13.7. The van der Waals surface area contributed by atoms with Gasteiger partial charge in [0.1, 0.15) is 5.69 Å². The van der Waals surface area contributed by atoms with Crippen LogP contribution < -0.4 is 4.74 Å². The lowest BCUT2D eigenvalue weighted by molar-refractivity contribution is -0.385. The molecule has 1 heterocycles. The number of esters is 1. The third-order valence-electron chi connectivity index (χ3n) is 1.99. The zero-order valence-corrected chi connectivity index (χ0v) is 9.35. The normalized spacial score (nSPS) is 10.3. The molecule has 18 heavy (non-hydrogen) atoms. The van der Waals surface area contributed by atoms with Crippen LogP contribution >= 0.6 is 0 Å². The highest BCUT2D eigenvalue weighted by Gasteiger charge is 2.30. The van der Waals surface area contributed by atoms with Gasteiger partial charge < -0.3 is 9.47 Å². The van der Waals surface area contributed by atoms with Gasteiger partial charge in [0.05, 0.1) is 19.1 Å². The Hall–Kier alpha value is -2.32. The molecule has 0 spiro atoms. The van der Waals surface area contributed by atoms with Gasteiger partial charge >= 0.3 is 5.97 Å². The molecule has 0 saturated heterocycles. The number of carbonyl (C=O) groups excluding carboxylic acids is 1. The Kier molecular flexibility index (Phi) is 4.08. The maximum Gasteiger partial charge on any atom is 0.350 e. The fourth-order valence-corrected chi connectivity index (χ4v) is 1.22. The van der Waals surface area contributed by atoms with E-state index < -0.39 is 40.1 Å².